The Morgan fingerprint density at radius 2 is 2.14 bits per heavy atom. The van der Waals surface area contributed by atoms with Gasteiger partial charge in [-0.2, -0.15) is 13.2 Å². The summed E-state index contributed by atoms with van der Waals surface area (Å²) in [5.74, 6) is -0.514. The summed E-state index contributed by atoms with van der Waals surface area (Å²) in [5, 5.41) is 5.83. The molecule has 0 aliphatic carbocycles. The average molecular weight is 305 g/mol. The number of hydrogen-bond donors (Lipinski definition) is 2. The molecule has 1 aromatic rings. The quantitative estimate of drug-likeness (QED) is 0.805. The minimum Gasteiger partial charge on any atom is -0.468 e. The molecule has 1 heterocycles. The molecule has 0 saturated carbocycles. The van der Waals surface area contributed by atoms with E-state index in [0.717, 1.165) is 6.54 Å². The molecule has 0 radical (unpaired) electrons. The fraction of sp³-hybridized carbons (Fsp3) is 0.538. The SMILES string of the molecule is CCN[C@H](C)CNC(=O)c1ccc(OCC(F)(F)F)nc1. The second-order valence-electron chi connectivity index (χ2n) is 4.46. The van der Waals surface area contributed by atoms with Crippen LogP contribution in [0.25, 0.3) is 0 Å². The van der Waals surface area contributed by atoms with E-state index in [2.05, 4.69) is 20.4 Å². The molecular weight excluding hydrogens is 287 g/mol. The fourth-order valence-corrected chi connectivity index (χ4v) is 1.52. The van der Waals surface area contributed by atoms with E-state index in [4.69, 9.17) is 0 Å². The number of hydrogen-bond acceptors (Lipinski definition) is 4. The Labute approximate surface area is 120 Å². The van der Waals surface area contributed by atoms with Gasteiger partial charge in [0.2, 0.25) is 5.88 Å². The molecule has 0 unspecified atom stereocenters. The first-order valence-electron chi connectivity index (χ1n) is 6.49. The van der Waals surface area contributed by atoms with Gasteiger partial charge in [0.1, 0.15) is 0 Å². The summed E-state index contributed by atoms with van der Waals surface area (Å²) in [4.78, 5) is 15.4. The van der Waals surface area contributed by atoms with Crippen molar-refractivity contribution < 1.29 is 22.7 Å². The maximum absolute atomic E-state index is 12.0. The molecule has 1 rings (SSSR count). The van der Waals surface area contributed by atoms with Crippen LogP contribution in [0.5, 0.6) is 5.88 Å². The van der Waals surface area contributed by atoms with Crippen LogP contribution in [0.4, 0.5) is 13.2 Å². The third kappa shape index (κ3) is 6.94. The topological polar surface area (TPSA) is 63.2 Å². The predicted molar refractivity (Wildman–Crippen MR) is 71.3 cm³/mol. The first kappa shape index (κ1) is 17.2. The summed E-state index contributed by atoms with van der Waals surface area (Å²) in [6, 6.07) is 2.72. The van der Waals surface area contributed by atoms with Crippen molar-refractivity contribution in [1.29, 1.82) is 0 Å². The zero-order chi connectivity index (χ0) is 15.9. The summed E-state index contributed by atoms with van der Waals surface area (Å²) in [6.45, 7) is 3.71. The number of amides is 1. The number of halogens is 3. The van der Waals surface area contributed by atoms with Gasteiger partial charge in [-0.15, -0.1) is 0 Å². The Bertz CT molecular complexity index is 449. The molecule has 0 aromatic carbocycles. The normalized spacial score (nSPS) is 12.8. The lowest BCUT2D eigenvalue weighted by atomic mass is 10.2. The lowest BCUT2D eigenvalue weighted by Gasteiger charge is -2.13. The molecule has 0 aliphatic heterocycles. The Kier molecular flexibility index (Phi) is 6.41. The fourth-order valence-electron chi connectivity index (χ4n) is 1.52. The highest BCUT2D eigenvalue weighted by molar-refractivity contribution is 5.93. The molecule has 0 aliphatic rings. The van der Waals surface area contributed by atoms with Crippen molar-refractivity contribution in [2.45, 2.75) is 26.1 Å². The smallest absolute Gasteiger partial charge is 0.422 e. The van der Waals surface area contributed by atoms with Crippen molar-refractivity contribution in [3.63, 3.8) is 0 Å². The second-order valence-corrected chi connectivity index (χ2v) is 4.46. The zero-order valence-electron chi connectivity index (χ0n) is 11.8. The van der Waals surface area contributed by atoms with Crippen LogP contribution in [0.15, 0.2) is 18.3 Å². The van der Waals surface area contributed by atoms with Gasteiger partial charge >= 0.3 is 6.18 Å². The monoisotopic (exact) mass is 305 g/mol. The number of carbonyl (C=O) groups excluding carboxylic acids is 1. The molecule has 1 amide bonds. The van der Waals surface area contributed by atoms with Crippen LogP contribution < -0.4 is 15.4 Å². The molecule has 5 nitrogen and oxygen atoms in total. The predicted octanol–water partition coefficient (Wildman–Crippen LogP) is 1.75. The number of aromatic nitrogens is 1. The number of rotatable bonds is 7. The number of nitrogens with zero attached hydrogens (tertiary/aromatic N) is 1. The second kappa shape index (κ2) is 7.82. The highest BCUT2D eigenvalue weighted by Crippen LogP contribution is 2.16. The van der Waals surface area contributed by atoms with Gasteiger partial charge in [0, 0.05) is 24.8 Å². The summed E-state index contributed by atoms with van der Waals surface area (Å²) in [7, 11) is 0. The van der Waals surface area contributed by atoms with Crippen molar-refractivity contribution in [3.8, 4) is 5.88 Å². The minimum atomic E-state index is -4.42. The van der Waals surface area contributed by atoms with Gasteiger partial charge < -0.3 is 15.4 Å². The van der Waals surface area contributed by atoms with E-state index in [9.17, 15) is 18.0 Å². The van der Waals surface area contributed by atoms with Crippen LogP contribution in [0.2, 0.25) is 0 Å². The summed E-state index contributed by atoms with van der Waals surface area (Å²) in [6.07, 6.45) is -3.24. The molecule has 8 heteroatoms. The highest BCUT2D eigenvalue weighted by Gasteiger charge is 2.28. The van der Waals surface area contributed by atoms with Crippen LogP contribution in [-0.2, 0) is 0 Å². The number of alkyl halides is 3. The standard InChI is InChI=1S/C13H18F3N3O2/c1-3-17-9(2)6-19-12(20)10-4-5-11(18-7-10)21-8-13(14,15)16/h4-5,7,9,17H,3,6,8H2,1-2H3,(H,19,20)/t9-/m1/s1. The molecule has 21 heavy (non-hydrogen) atoms. The third-order valence-corrected chi connectivity index (χ3v) is 2.50. The Balaban J connectivity index is 2.47. The summed E-state index contributed by atoms with van der Waals surface area (Å²) >= 11 is 0. The van der Waals surface area contributed by atoms with E-state index in [1.165, 1.54) is 18.3 Å². The number of nitrogens with one attached hydrogen (secondary N) is 2. The minimum absolute atomic E-state index is 0.126. The molecule has 1 aromatic heterocycles. The largest absolute Gasteiger partial charge is 0.468 e. The molecule has 0 saturated heterocycles. The van der Waals surface area contributed by atoms with Crippen LogP contribution in [0.3, 0.4) is 0 Å². The van der Waals surface area contributed by atoms with Gasteiger partial charge in [0.05, 0.1) is 5.56 Å². The van der Waals surface area contributed by atoms with Crippen LogP contribution in [-0.4, -0.2) is 42.8 Å². The van der Waals surface area contributed by atoms with Crippen molar-refractivity contribution in [3.05, 3.63) is 23.9 Å². The van der Waals surface area contributed by atoms with E-state index in [0.29, 0.717) is 6.54 Å². The van der Waals surface area contributed by atoms with Crippen molar-refractivity contribution in [2.75, 3.05) is 19.7 Å². The van der Waals surface area contributed by atoms with E-state index in [1.807, 2.05) is 13.8 Å². The summed E-state index contributed by atoms with van der Waals surface area (Å²) in [5.41, 5.74) is 0.262. The molecule has 118 valence electrons. The molecule has 1 atom stereocenters. The van der Waals surface area contributed by atoms with Crippen LogP contribution in [0.1, 0.15) is 24.2 Å². The Morgan fingerprint density at radius 1 is 1.43 bits per heavy atom. The van der Waals surface area contributed by atoms with E-state index >= 15 is 0 Å². The van der Waals surface area contributed by atoms with Crippen LogP contribution >= 0.6 is 0 Å². The van der Waals surface area contributed by atoms with Gasteiger partial charge in [0.15, 0.2) is 6.61 Å². The zero-order valence-corrected chi connectivity index (χ0v) is 11.8. The van der Waals surface area contributed by atoms with Crippen molar-refractivity contribution in [2.24, 2.45) is 0 Å². The molecule has 0 fully saturated rings. The maximum Gasteiger partial charge on any atom is 0.422 e. The molecule has 0 spiro atoms. The molecule has 0 bridgehead atoms. The van der Waals surface area contributed by atoms with Gasteiger partial charge in [-0.1, -0.05) is 6.92 Å². The van der Waals surface area contributed by atoms with Gasteiger partial charge in [0.25, 0.3) is 5.91 Å². The number of ether oxygens (including phenoxy) is 1. The Morgan fingerprint density at radius 3 is 2.67 bits per heavy atom. The Hall–Kier alpha value is -1.83. The third-order valence-electron chi connectivity index (χ3n) is 2.50. The van der Waals surface area contributed by atoms with Crippen molar-refractivity contribution in [1.82, 2.24) is 15.6 Å². The average Bonchev–Trinajstić information content (AvgIpc) is 2.42. The number of likely N-dealkylation sites (N-methyl/N-ethyl adjacent to an activating group) is 1. The van der Waals surface area contributed by atoms with E-state index in [1.54, 1.807) is 0 Å². The van der Waals surface area contributed by atoms with Gasteiger partial charge in [-0.25, -0.2) is 4.98 Å². The van der Waals surface area contributed by atoms with Crippen molar-refractivity contribution >= 4 is 5.91 Å². The van der Waals surface area contributed by atoms with Gasteiger partial charge in [-0.3, -0.25) is 4.79 Å². The lowest BCUT2D eigenvalue weighted by molar-refractivity contribution is -0.154. The highest BCUT2D eigenvalue weighted by atomic mass is 19.4. The molecular formula is C13H18F3N3O2. The maximum atomic E-state index is 12.0. The van der Waals surface area contributed by atoms with Gasteiger partial charge in [-0.05, 0) is 19.5 Å². The van der Waals surface area contributed by atoms with E-state index in [-0.39, 0.29) is 23.4 Å². The number of pyridine rings is 1. The first-order valence-corrected chi connectivity index (χ1v) is 6.49. The van der Waals surface area contributed by atoms with Crippen LogP contribution in [0, 0.1) is 0 Å². The summed E-state index contributed by atoms with van der Waals surface area (Å²) < 4.78 is 40.4. The van der Waals surface area contributed by atoms with E-state index < -0.39 is 12.8 Å². The number of carbonyl (C=O) groups is 1. The lowest BCUT2D eigenvalue weighted by Crippen LogP contribution is -2.38. The molecule has 2 N–H and O–H groups in total. The first-order chi connectivity index (χ1) is 9.81.